The van der Waals surface area contributed by atoms with Crippen molar-refractivity contribution in [2.45, 2.75) is 58.9 Å². The summed E-state index contributed by atoms with van der Waals surface area (Å²) in [4.78, 5) is 0. The van der Waals surface area contributed by atoms with Gasteiger partial charge in [-0.15, -0.1) is 0 Å². The molecule has 4 atom stereocenters. The van der Waals surface area contributed by atoms with Gasteiger partial charge in [-0.2, -0.15) is 0 Å². The van der Waals surface area contributed by atoms with E-state index in [0.29, 0.717) is 6.04 Å². The van der Waals surface area contributed by atoms with Gasteiger partial charge in [-0.25, -0.2) is 0 Å². The Morgan fingerprint density at radius 1 is 1.19 bits per heavy atom. The molecule has 1 aromatic rings. The standard InChI is InChI=1S/C19H28BrN/c1-4-21-18(11-16-10-14-5-6-15(16)9-14)17-7-12(2)19(20)13(3)8-17/h7-8,14-16,18,21H,4-6,9-11H2,1-3H3. The molecule has 0 aliphatic heterocycles. The van der Waals surface area contributed by atoms with Crippen LogP contribution in [-0.2, 0) is 0 Å². The molecular formula is C19H28BrN. The van der Waals surface area contributed by atoms with Gasteiger partial charge in [0.1, 0.15) is 0 Å². The molecule has 2 heteroatoms. The lowest BCUT2D eigenvalue weighted by atomic mass is 9.82. The fourth-order valence-corrected chi connectivity index (χ4v) is 4.96. The first-order chi connectivity index (χ1) is 10.1. The van der Waals surface area contributed by atoms with Crippen molar-refractivity contribution in [2.75, 3.05) is 6.54 Å². The number of hydrogen-bond donors (Lipinski definition) is 1. The van der Waals surface area contributed by atoms with Crippen LogP contribution >= 0.6 is 15.9 Å². The first kappa shape index (κ1) is 15.6. The third kappa shape index (κ3) is 3.22. The molecule has 1 N–H and O–H groups in total. The molecule has 0 saturated heterocycles. The smallest absolute Gasteiger partial charge is 0.0323 e. The Morgan fingerprint density at radius 2 is 1.90 bits per heavy atom. The number of rotatable bonds is 5. The molecule has 2 fully saturated rings. The number of halogens is 1. The van der Waals surface area contributed by atoms with E-state index in [0.717, 1.165) is 24.3 Å². The Bertz CT molecular complexity index is 487. The lowest BCUT2D eigenvalue weighted by Crippen LogP contribution is -2.25. The van der Waals surface area contributed by atoms with Gasteiger partial charge in [0, 0.05) is 10.5 Å². The first-order valence-corrected chi connectivity index (χ1v) is 9.37. The molecule has 1 nitrogen and oxygen atoms in total. The average molecular weight is 350 g/mol. The van der Waals surface area contributed by atoms with Gasteiger partial charge in [0.05, 0.1) is 0 Å². The van der Waals surface area contributed by atoms with Crippen LogP contribution in [0.1, 0.15) is 61.8 Å². The van der Waals surface area contributed by atoms with Crippen LogP contribution in [0.5, 0.6) is 0 Å². The summed E-state index contributed by atoms with van der Waals surface area (Å²) in [6.45, 7) is 7.70. The zero-order valence-corrected chi connectivity index (χ0v) is 15.2. The van der Waals surface area contributed by atoms with E-state index in [1.54, 1.807) is 0 Å². The van der Waals surface area contributed by atoms with Gasteiger partial charge < -0.3 is 5.32 Å². The van der Waals surface area contributed by atoms with E-state index in [1.165, 1.54) is 53.3 Å². The molecular weight excluding hydrogens is 322 g/mol. The number of benzene rings is 1. The molecule has 3 rings (SSSR count). The van der Waals surface area contributed by atoms with Crippen molar-refractivity contribution in [1.82, 2.24) is 5.32 Å². The van der Waals surface area contributed by atoms with Crippen LogP contribution in [0.3, 0.4) is 0 Å². The summed E-state index contributed by atoms with van der Waals surface area (Å²) < 4.78 is 1.27. The first-order valence-electron chi connectivity index (χ1n) is 8.58. The molecule has 21 heavy (non-hydrogen) atoms. The van der Waals surface area contributed by atoms with Gasteiger partial charge in [-0.3, -0.25) is 0 Å². The zero-order chi connectivity index (χ0) is 15.0. The molecule has 2 bridgehead atoms. The Labute approximate surface area is 138 Å². The molecule has 116 valence electrons. The van der Waals surface area contributed by atoms with Crippen LogP contribution in [0.25, 0.3) is 0 Å². The Hall–Kier alpha value is -0.340. The van der Waals surface area contributed by atoms with E-state index in [1.807, 2.05) is 0 Å². The van der Waals surface area contributed by atoms with Crippen molar-refractivity contribution in [3.8, 4) is 0 Å². The van der Waals surface area contributed by atoms with E-state index in [2.05, 4.69) is 54.2 Å². The fourth-order valence-electron chi connectivity index (χ4n) is 4.73. The Balaban J connectivity index is 1.78. The normalized spacial score (nSPS) is 29.0. The van der Waals surface area contributed by atoms with Gasteiger partial charge in [0.15, 0.2) is 0 Å². The lowest BCUT2D eigenvalue weighted by Gasteiger charge is -2.28. The van der Waals surface area contributed by atoms with E-state index >= 15 is 0 Å². The maximum atomic E-state index is 3.74. The minimum Gasteiger partial charge on any atom is -0.310 e. The second-order valence-electron chi connectivity index (χ2n) is 7.25. The monoisotopic (exact) mass is 349 g/mol. The highest BCUT2D eigenvalue weighted by Crippen LogP contribution is 2.51. The van der Waals surface area contributed by atoms with Crippen molar-refractivity contribution in [1.29, 1.82) is 0 Å². The van der Waals surface area contributed by atoms with E-state index in [4.69, 9.17) is 0 Å². The quantitative estimate of drug-likeness (QED) is 0.735. The highest BCUT2D eigenvalue weighted by molar-refractivity contribution is 9.10. The molecule has 4 unspecified atom stereocenters. The van der Waals surface area contributed by atoms with Gasteiger partial charge in [-0.1, -0.05) is 41.4 Å². The molecule has 0 aromatic heterocycles. The van der Waals surface area contributed by atoms with Crippen LogP contribution < -0.4 is 5.32 Å². The van der Waals surface area contributed by atoms with Crippen molar-refractivity contribution in [2.24, 2.45) is 17.8 Å². The lowest BCUT2D eigenvalue weighted by molar-refractivity contribution is 0.280. The van der Waals surface area contributed by atoms with Crippen LogP contribution in [0.4, 0.5) is 0 Å². The Morgan fingerprint density at radius 3 is 2.43 bits per heavy atom. The summed E-state index contributed by atoms with van der Waals surface area (Å²) in [5.41, 5.74) is 4.21. The summed E-state index contributed by atoms with van der Waals surface area (Å²) in [7, 11) is 0. The third-order valence-electron chi connectivity index (χ3n) is 5.73. The van der Waals surface area contributed by atoms with Crippen molar-refractivity contribution < 1.29 is 0 Å². The summed E-state index contributed by atoms with van der Waals surface area (Å²) in [6, 6.07) is 5.28. The van der Waals surface area contributed by atoms with Gasteiger partial charge in [0.2, 0.25) is 0 Å². The van der Waals surface area contributed by atoms with Crippen LogP contribution in [0, 0.1) is 31.6 Å². The van der Waals surface area contributed by atoms with E-state index < -0.39 is 0 Å². The van der Waals surface area contributed by atoms with Crippen LogP contribution in [0.2, 0.25) is 0 Å². The van der Waals surface area contributed by atoms with Gasteiger partial charge in [-0.05, 0) is 80.5 Å². The third-order valence-corrected chi connectivity index (χ3v) is 6.99. The highest BCUT2D eigenvalue weighted by atomic mass is 79.9. The average Bonchev–Trinajstić information content (AvgIpc) is 3.06. The maximum Gasteiger partial charge on any atom is 0.0323 e. The second-order valence-corrected chi connectivity index (χ2v) is 8.04. The summed E-state index contributed by atoms with van der Waals surface area (Å²) in [5.74, 6) is 3.03. The Kier molecular flexibility index (Phi) is 4.75. The number of nitrogens with one attached hydrogen (secondary N) is 1. The topological polar surface area (TPSA) is 12.0 Å². The molecule has 0 radical (unpaired) electrons. The van der Waals surface area contributed by atoms with Crippen molar-refractivity contribution in [3.63, 3.8) is 0 Å². The second kappa shape index (κ2) is 6.42. The molecule has 0 heterocycles. The summed E-state index contributed by atoms with van der Waals surface area (Å²) >= 11 is 3.70. The number of fused-ring (bicyclic) bond motifs is 2. The molecule has 2 aliphatic rings. The van der Waals surface area contributed by atoms with Crippen LogP contribution in [-0.4, -0.2) is 6.54 Å². The number of aryl methyl sites for hydroxylation is 2. The van der Waals surface area contributed by atoms with E-state index in [-0.39, 0.29) is 0 Å². The van der Waals surface area contributed by atoms with Crippen molar-refractivity contribution >= 4 is 15.9 Å². The number of hydrogen-bond acceptors (Lipinski definition) is 1. The van der Waals surface area contributed by atoms with Gasteiger partial charge >= 0.3 is 0 Å². The minimum atomic E-state index is 0.532. The SMILES string of the molecule is CCNC(CC1CC2CCC1C2)c1cc(C)c(Br)c(C)c1. The molecule has 0 amide bonds. The molecule has 2 saturated carbocycles. The molecule has 1 aromatic carbocycles. The zero-order valence-electron chi connectivity index (χ0n) is 13.6. The molecule has 0 spiro atoms. The highest BCUT2D eigenvalue weighted by Gasteiger charge is 2.40. The van der Waals surface area contributed by atoms with Crippen molar-refractivity contribution in [3.05, 3.63) is 33.3 Å². The predicted octanol–water partition coefficient (Wildman–Crippen LogP) is 5.54. The maximum absolute atomic E-state index is 3.74. The summed E-state index contributed by atoms with van der Waals surface area (Å²) in [6.07, 6.45) is 7.33. The summed E-state index contributed by atoms with van der Waals surface area (Å²) in [5, 5.41) is 3.74. The predicted molar refractivity (Wildman–Crippen MR) is 93.6 cm³/mol. The van der Waals surface area contributed by atoms with Crippen LogP contribution in [0.15, 0.2) is 16.6 Å². The van der Waals surface area contributed by atoms with Gasteiger partial charge in [0.25, 0.3) is 0 Å². The largest absolute Gasteiger partial charge is 0.310 e. The fraction of sp³-hybridized carbons (Fsp3) is 0.684. The minimum absolute atomic E-state index is 0.532. The molecule has 2 aliphatic carbocycles. The van der Waals surface area contributed by atoms with E-state index in [9.17, 15) is 0 Å².